The normalized spacial score (nSPS) is 19.0. The predicted octanol–water partition coefficient (Wildman–Crippen LogP) is 4.92. The fourth-order valence-corrected chi connectivity index (χ4v) is 3.39. The SMILES string of the molecule is CC[C@H](Oc1ccccc1Cl)C(=O)N[C@@H]1CC(C)(C)Oc2ccccc21. The molecule has 0 fully saturated rings. The number of hydrogen-bond acceptors (Lipinski definition) is 3. The van der Waals surface area contributed by atoms with Crippen molar-refractivity contribution in [1.29, 1.82) is 0 Å². The molecular weight excluding hydrogens is 350 g/mol. The summed E-state index contributed by atoms with van der Waals surface area (Å²) >= 11 is 6.15. The summed E-state index contributed by atoms with van der Waals surface area (Å²) in [5.74, 6) is 1.18. The van der Waals surface area contributed by atoms with Crippen LogP contribution in [0.2, 0.25) is 5.02 Å². The van der Waals surface area contributed by atoms with Gasteiger partial charge in [0.15, 0.2) is 6.10 Å². The second-order valence-corrected chi connectivity index (χ2v) is 7.52. The molecule has 1 aliphatic heterocycles. The second-order valence-electron chi connectivity index (χ2n) is 7.11. The van der Waals surface area contributed by atoms with Gasteiger partial charge in [-0.3, -0.25) is 4.79 Å². The molecule has 0 radical (unpaired) electrons. The summed E-state index contributed by atoms with van der Waals surface area (Å²) in [4.78, 5) is 12.9. The van der Waals surface area contributed by atoms with Crippen LogP contribution in [-0.4, -0.2) is 17.6 Å². The molecule has 1 aliphatic rings. The maximum absolute atomic E-state index is 12.9. The standard InChI is InChI=1S/C21H24ClNO3/c1-4-17(25-19-12-8-6-10-15(19)22)20(24)23-16-13-21(2,3)26-18-11-7-5-9-14(16)18/h5-12,16-17H,4,13H2,1-3H3,(H,23,24)/t16-,17+/m1/s1. The number of para-hydroxylation sites is 2. The van der Waals surface area contributed by atoms with Gasteiger partial charge in [0.05, 0.1) is 11.1 Å². The van der Waals surface area contributed by atoms with Crippen molar-refractivity contribution in [3.63, 3.8) is 0 Å². The molecule has 138 valence electrons. The largest absolute Gasteiger partial charge is 0.487 e. The van der Waals surface area contributed by atoms with Gasteiger partial charge in [-0.05, 0) is 38.5 Å². The van der Waals surface area contributed by atoms with Crippen LogP contribution in [0, 0.1) is 0 Å². The molecule has 2 atom stereocenters. The van der Waals surface area contributed by atoms with Crippen LogP contribution in [-0.2, 0) is 4.79 Å². The number of carbonyl (C=O) groups is 1. The van der Waals surface area contributed by atoms with Crippen LogP contribution in [0.15, 0.2) is 48.5 Å². The Balaban J connectivity index is 1.77. The van der Waals surface area contributed by atoms with Crippen molar-refractivity contribution in [3.05, 3.63) is 59.1 Å². The summed E-state index contributed by atoms with van der Waals surface area (Å²) in [6.45, 7) is 5.97. The van der Waals surface area contributed by atoms with Gasteiger partial charge >= 0.3 is 0 Å². The molecule has 2 aromatic rings. The molecule has 0 unspecified atom stereocenters. The van der Waals surface area contributed by atoms with E-state index in [0.29, 0.717) is 23.6 Å². The molecule has 0 aliphatic carbocycles. The van der Waals surface area contributed by atoms with Crippen LogP contribution >= 0.6 is 11.6 Å². The van der Waals surface area contributed by atoms with Crippen molar-refractivity contribution in [2.75, 3.05) is 0 Å². The van der Waals surface area contributed by atoms with E-state index in [0.717, 1.165) is 11.3 Å². The summed E-state index contributed by atoms with van der Waals surface area (Å²) in [7, 11) is 0. The van der Waals surface area contributed by atoms with Gasteiger partial charge in [0.1, 0.15) is 17.1 Å². The monoisotopic (exact) mass is 373 g/mol. The van der Waals surface area contributed by atoms with Crippen LogP contribution < -0.4 is 14.8 Å². The highest BCUT2D eigenvalue weighted by Gasteiger charge is 2.35. The molecule has 0 saturated heterocycles. The Kier molecular flexibility index (Phi) is 5.42. The van der Waals surface area contributed by atoms with Gasteiger partial charge in [0.25, 0.3) is 5.91 Å². The van der Waals surface area contributed by atoms with Crippen molar-refractivity contribution < 1.29 is 14.3 Å². The van der Waals surface area contributed by atoms with Gasteiger partial charge in [-0.1, -0.05) is 48.9 Å². The minimum absolute atomic E-state index is 0.119. The first-order valence-electron chi connectivity index (χ1n) is 8.89. The highest BCUT2D eigenvalue weighted by molar-refractivity contribution is 6.32. The van der Waals surface area contributed by atoms with Crippen molar-refractivity contribution in [2.24, 2.45) is 0 Å². The average Bonchev–Trinajstić information content (AvgIpc) is 2.60. The molecule has 1 N–H and O–H groups in total. The van der Waals surface area contributed by atoms with Crippen LogP contribution in [0.3, 0.4) is 0 Å². The van der Waals surface area contributed by atoms with E-state index in [4.69, 9.17) is 21.1 Å². The van der Waals surface area contributed by atoms with Gasteiger partial charge in [0.2, 0.25) is 0 Å². The smallest absolute Gasteiger partial charge is 0.261 e. The third-order valence-electron chi connectivity index (χ3n) is 4.46. The molecule has 0 saturated carbocycles. The molecule has 4 nitrogen and oxygen atoms in total. The van der Waals surface area contributed by atoms with E-state index in [2.05, 4.69) is 5.32 Å². The maximum Gasteiger partial charge on any atom is 0.261 e. The van der Waals surface area contributed by atoms with Gasteiger partial charge in [-0.25, -0.2) is 0 Å². The number of rotatable bonds is 5. The number of halogens is 1. The highest BCUT2D eigenvalue weighted by atomic mass is 35.5. The van der Waals surface area contributed by atoms with Crippen LogP contribution in [0.4, 0.5) is 0 Å². The minimum atomic E-state index is -0.604. The van der Waals surface area contributed by atoms with Gasteiger partial charge in [-0.2, -0.15) is 0 Å². The second kappa shape index (κ2) is 7.58. The van der Waals surface area contributed by atoms with E-state index in [9.17, 15) is 4.79 Å². The molecule has 1 heterocycles. The Bertz CT molecular complexity index is 790. The third kappa shape index (κ3) is 4.13. The predicted molar refractivity (Wildman–Crippen MR) is 103 cm³/mol. The number of benzene rings is 2. The number of ether oxygens (including phenoxy) is 2. The van der Waals surface area contributed by atoms with Crippen LogP contribution in [0.1, 0.15) is 45.2 Å². The summed E-state index contributed by atoms with van der Waals surface area (Å²) in [6, 6.07) is 14.9. The van der Waals surface area contributed by atoms with Crippen LogP contribution in [0.5, 0.6) is 11.5 Å². The zero-order valence-corrected chi connectivity index (χ0v) is 16.0. The molecular formula is C21H24ClNO3. The zero-order valence-electron chi connectivity index (χ0n) is 15.3. The summed E-state index contributed by atoms with van der Waals surface area (Å²) in [5.41, 5.74) is 0.644. The number of amides is 1. The molecule has 2 aromatic carbocycles. The van der Waals surface area contributed by atoms with Gasteiger partial charge < -0.3 is 14.8 Å². The fraction of sp³-hybridized carbons (Fsp3) is 0.381. The Hall–Kier alpha value is -2.20. The quantitative estimate of drug-likeness (QED) is 0.809. The maximum atomic E-state index is 12.9. The summed E-state index contributed by atoms with van der Waals surface area (Å²) in [5, 5.41) is 3.63. The Morgan fingerprint density at radius 1 is 1.27 bits per heavy atom. The molecule has 0 aromatic heterocycles. The Morgan fingerprint density at radius 3 is 2.69 bits per heavy atom. The fourth-order valence-electron chi connectivity index (χ4n) is 3.21. The lowest BCUT2D eigenvalue weighted by Crippen LogP contribution is -2.45. The molecule has 26 heavy (non-hydrogen) atoms. The lowest BCUT2D eigenvalue weighted by molar-refractivity contribution is -0.129. The zero-order chi connectivity index (χ0) is 18.7. The van der Waals surface area contributed by atoms with Crippen LogP contribution in [0.25, 0.3) is 0 Å². The lowest BCUT2D eigenvalue weighted by Gasteiger charge is -2.38. The first-order chi connectivity index (χ1) is 12.4. The average molecular weight is 374 g/mol. The summed E-state index contributed by atoms with van der Waals surface area (Å²) < 4.78 is 11.9. The highest BCUT2D eigenvalue weighted by Crippen LogP contribution is 2.39. The first-order valence-corrected chi connectivity index (χ1v) is 9.27. The van der Waals surface area contributed by atoms with Crippen molar-refractivity contribution in [3.8, 4) is 11.5 Å². The molecule has 0 bridgehead atoms. The number of carbonyl (C=O) groups excluding carboxylic acids is 1. The molecule has 1 amide bonds. The van der Waals surface area contributed by atoms with E-state index < -0.39 is 6.10 Å². The van der Waals surface area contributed by atoms with E-state index >= 15 is 0 Å². The van der Waals surface area contributed by atoms with Crippen molar-refractivity contribution in [1.82, 2.24) is 5.32 Å². The Labute approximate surface area is 159 Å². The van der Waals surface area contributed by atoms with E-state index in [1.807, 2.05) is 57.2 Å². The van der Waals surface area contributed by atoms with Crippen molar-refractivity contribution in [2.45, 2.75) is 51.4 Å². The van der Waals surface area contributed by atoms with E-state index in [-0.39, 0.29) is 17.6 Å². The van der Waals surface area contributed by atoms with Gasteiger partial charge in [-0.15, -0.1) is 0 Å². The van der Waals surface area contributed by atoms with Crippen molar-refractivity contribution >= 4 is 17.5 Å². The van der Waals surface area contributed by atoms with E-state index in [1.54, 1.807) is 12.1 Å². The number of nitrogens with one attached hydrogen (secondary N) is 1. The topological polar surface area (TPSA) is 47.6 Å². The number of fused-ring (bicyclic) bond motifs is 1. The molecule has 3 rings (SSSR count). The minimum Gasteiger partial charge on any atom is -0.487 e. The number of hydrogen-bond donors (Lipinski definition) is 1. The third-order valence-corrected chi connectivity index (χ3v) is 4.77. The Morgan fingerprint density at radius 2 is 1.96 bits per heavy atom. The van der Waals surface area contributed by atoms with E-state index in [1.165, 1.54) is 0 Å². The lowest BCUT2D eigenvalue weighted by atomic mass is 9.89. The first kappa shape index (κ1) is 18.6. The molecule has 0 spiro atoms. The van der Waals surface area contributed by atoms with Gasteiger partial charge in [0, 0.05) is 12.0 Å². The molecule has 5 heteroatoms. The summed E-state index contributed by atoms with van der Waals surface area (Å²) in [6.07, 6.45) is 0.636.